The van der Waals surface area contributed by atoms with Crippen molar-refractivity contribution in [2.24, 2.45) is 0 Å². The van der Waals surface area contributed by atoms with Gasteiger partial charge in [-0.05, 0) is 24.9 Å². The first-order chi connectivity index (χ1) is 4.79. The van der Waals surface area contributed by atoms with E-state index in [-0.39, 0.29) is 0 Å². The highest BCUT2D eigenvalue weighted by Crippen LogP contribution is 2.26. The fourth-order valence-corrected chi connectivity index (χ4v) is 1.75. The fourth-order valence-electron chi connectivity index (χ4n) is 1.17. The van der Waals surface area contributed by atoms with Gasteiger partial charge in [-0.15, -0.1) is 0 Å². The minimum absolute atomic E-state index is 0.562. The molecule has 0 aromatic carbocycles. The van der Waals surface area contributed by atoms with Crippen molar-refractivity contribution in [2.45, 2.75) is 50.9 Å². The largest absolute Gasteiger partial charge is 0.312 e. The molecule has 1 nitrogen and oxygen atoms in total. The van der Waals surface area contributed by atoms with E-state index in [1.807, 2.05) is 0 Å². The van der Waals surface area contributed by atoms with Crippen LogP contribution in [0.4, 0.5) is 0 Å². The Morgan fingerprint density at radius 1 is 1.30 bits per heavy atom. The molecule has 10 heavy (non-hydrogen) atoms. The predicted molar refractivity (Wildman–Crippen MR) is 46.1 cm³/mol. The summed E-state index contributed by atoms with van der Waals surface area (Å²) in [7, 11) is 0. The molecule has 60 valence electrons. The molecule has 2 heteroatoms. The van der Waals surface area contributed by atoms with Gasteiger partial charge in [-0.25, -0.2) is 0 Å². The topological polar surface area (TPSA) is 9.23 Å². The average molecular weight is 160 g/mol. The molecule has 0 bridgehead atoms. The van der Waals surface area contributed by atoms with Crippen LogP contribution in [0.3, 0.4) is 0 Å². The van der Waals surface area contributed by atoms with Crippen LogP contribution in [0.1, 0.15) is 39.5 Å². The third-order valence-corrected chi connectivity index (χ3v) is 2.45. The maximum Gasteiger partial charge on any atom is 0.0722 e. The van der Waals surface area contributed by atoms with E-state index in [0.29, 0.717) is 11.4 Å². The van der Waals surface area contributed by atoms with Gasteiger partial charge in [-0.1, -0.05) is 26.7 Å². The van der Waals surface area contributed by atoms with Crippen LogP contribution in [0.2, 0.25) is 0 Å². The van der Waals surface area contributed by atoms with Crippen LogP contribution < -0.4 is 0 Å². The highest BCUT2D eigenvalue weighted by Gasteiger charge is 2.15. The summed E-state index contributed by atoms with van der Waals surface area (Å²) in [4.78, 5) is 0. The zero-order valence-corrected chi connectivity index (χ0v) is 7.62. The van der Waals surface area contributed by atoms with Crippen LogP contribution >= 0.6 is 12.0 Å². The zero-order valence-electron chi connectivity index (χ0n) is 6.80. The fraction of sp³-hybridized carbons (Fsp3) is 1.00. The highest BCUT2D eigenvalue weighted by atomic mass is 32.2. The Bertz CT molecular complexity index is 87.3. The lowest BCUT2D eigenvalue weighted by Crippen LogP contribution is -2.03. The normalized spacial score (nSPS) is 20.7. The Morgan fingerprint density at radius 2 is 1.90 bits per heavy atom. The molecule has 0 radical (unpaired) electrons. The SMILES string of the molecule is CC(C)SOC1CCCC1. The van der Waals surface area contributed by atoms with Gasteiger partial charge >= 0.3 is 0 Å². The molecule has 0 aromatic heterocycles. The molecule has 0 unspecified atom stereocenters. The van der Waals surface area contributed by atoms with E-state index in [1.165, 1.54) is 25.7 Å². The Labute approximate surface area is 67.7 Å². The highest BCUT2D eigenvalue weighted by molar-refractivity contribution is 7.95. The lowest BCUT2D eigenvalue weighted by Gasteiger charge is -2.10. The van der Waals surface area contributed by atoms with Crippen molar-refractivity contribution in [3.05, 3.63) is 0 Å². The van der Waals surface area contributed by atoms with Crippen LogP contribution in [0.15, 0.2) is 0 Å². The summed E-state index contributed by atoms with van der Waals surface area (Å²) in [6.07, 6.45) is 5.85. The quantitative estimate of drug-likeness (QED) is 0.587. The van der Waals surface area contributed by atoms with Gasteiger partial charge in [-0.3, -0.25) is 0 Å². The van der Waals surface area contributed by atoms with E-state index in [1.54, 1.807) is 12.0 Å². The molecular weight excluding hydrogens is 144 g/mol. The molecule has 0 heterocycles. The summed E-state index contributed by atoms with van der Waals surface area (Å²) < 4.78 is 5.58. The van der Waals surface area contributed by atoms with Crippen molar-refractivity contribution < 1.29 is 4.18 Å². The van der Waals surface area contributed by atoms with Gasteiger partial charge in [0.1, 0.15) is 0 Å². The van der Waals surface area contributed by atoms with Crippen molar-refractivity contribution in [3.63, 3.8) is 0 Å². The van der Waals surface area contributed by atoms with E-state index >= 15 is 0 Å². The summed E-state index contributed by atoms with van der Waals surface area (Å²) in [6.45, 7) is 4.33. The molecule has 1 aliphatic rings. The van der Waals surface area contributed by atoms with Crippen LogP contribution in [0.25, 0.3) is 0 Å². The average Bonchev–Trinajstić information content (AvgIpc) is 2.34. The second-order valence-corrected chi connectivity index (χ2v) is 4.48. The van der Waals surface area contributed by atoms with E-state index in [4.69, 9.17) is 4.18 Å². The molecule has 0 saturated heterocycles. The van der Waals surface area contributed by atoms with Crippen molar-refractivity contribution in [1.29, 1.82) is 0 Å². The zero-order chi connectivity index (χ0) is 7.40. The molecule has 0 N–H and O–H groups in total. The van der Waals surface area contributed by atoms with Crippen molar-refractivity contribution in [1.82, 2.24) is 0 Å². The van der Waals surface area contributed by atoms with E-state index < -0.39 is 0 Å². The van der Waals surface area contributed by atoms with Gasteiger partial charge in [0.15, 0.2) is 0 Å². The van der Waals surface area contributed by atoms with Crippen LogP contribution in [-0.2, 0) is 4.18 Å². The first-order valence-corrected chi connectivity index (χ1v) is 4.91. The van der Waals surface area contributed by atoms with Gasteiger partial charge in [0.2, 0.25) is 0 Å². The molecule has 1 fully saturated rings. The van der Waals surface area contributed by atoms with Crippen molar-refractivity contribution in [2.75, 3.05) is 0 Å². The van der Waals surface area contributed by atoms with Gasteiger partial charge < -0.3 is 4.18 Å². The predicted octanol–water partition coefficient (Wildman–Crippen LogP) is 3.00. The molecule has 0 atom stereocenters. The number of hydrogen-bond donors (Lipinski definition) is 0. The first-order valence-electron chi connectivity index (χ1n) is 4.11. The lowest BCUT2D eigenvalue weighted by molar-refractivity contribution is 0.250. The molecule has 1 aliphatic carbocycles. The van der Waals surface area contributed by atoms with Crippen molar-refractivity contribution >= 4 is 12.0 Å². The second kappa shape index (κ2) is 4.24. The molecule has 1 rings (SSSR count). The molecular formula is C8H16OS. The summed E-state index contributed by atoms with van der Waals surface area (Å²) >= 11 is 1.63. The van der Waals surface area contributed by atoms with Crippen LogP contribution in [0, 0.1) is 0 Å². The second-order valence-electron chi connectivity index (χ2n) is 3.15. The van der Waals surface area contributed by atoms with E-state index in [9.17, 15) is 0 Å². The van der Waals surface area contributed by atoms with E-state index in [2.05, 4.69) is 13.8 Å². The first kappa shape index (κ1) is 8.41. The minimum atomic E-state index is 0.562. The summed E-state index contributed by atoms with van der Waals surface area (Å²) in [5.74, 6) is 0. The number of hydrogen-bond acceptors (Lipinski definition) is 2. The molecule has 0 aromatic rings. The molecule has 0 aliphatic heterocycles. The van der Waals surface area contributed by atoms with Crippen LogP contribution in [0.5, 0.6) is 0 Å². The summed E-state index contributed by atoms with van der Waals surface area (Å²) in [6, 6.07) is 0. The minimum Gasteiger partial charge on any atom is -0.312 e. The molecule has 0 spiro atoms. The Kier molecular flexibility index (Phi) is 3.57. The standard InChI is InChI=1S/C8H16OS/c1-7(2)10-9-8-5-3-4-6-8/h7-8H,3-6H2,1-2H3. The maximum atomic E-state index is 5.58. The van der Waals surface area contributed by atoms with Gasteiger partial charge in [0, 0.05) is 5.25 Å². The third kappa shape index (κ3) is 2.93. The summed E-state index contributed by atoms with van der Waals surface area (Å²) in [5, 5.41) is 0.612. The van der Waals surface area contributed by atoms with E-state index in [0.717, 1.165) is 0 Å². The number of rotatable bonds is 3. The molecule has 1 saturated carbocycles. The summed E-state index contributed by atoms with van der Waals surface area (Å²) in [5.41, 5.74) is 0. The van der Waals surface area contributed by atoms with Gasteiger partial charge in [0.05, 0.1) is 6.10 Å². The van der Waals surface area contributed by atoms with Gasteiger partial charge in [-0.2, -0.15) is 0 Å². The van der Waals surface area contributed by atoms with Crippen molar-refractivity contribution in [3.8, 4) is 0 Å². The smallest absolute Gasteiger partial charge is 0.0722 e. The third-order valence-electron chi connectivity index (χ3n) is 1.69. The van der Waals surface area contributed by atoms with Gasteiger partial charge in [0.25, 0.3) is 0 Å². The molecule has 0 amide bonds. The monoisotopic (exact) mass is 160 g/mol. The Hall–Kier alpha value is 0.310. The Balaban J connectivity index is 2.01. The maximum absolute atomic E-state index is 5.58. The van der Waals surface area contributed by atoms with Crippen LogP contribution in [-0.4, -0.2) is 11.4 Å². The Morgan fingerprint density at radius 3 is 2.40 bits per heavy atom. The lowest BCUT2D eigenvalue weighted by atomic mass is 10.3.